The molecule has 1 saturated heterocycles. The fourth-order valence-electron chi connectivity index (χ4n) is 3.21. The number of carbonyl (C=O) groups excluding carboxylic acids is 2. The molecule has 132 valence electrons. The van der Waals surface area contributed by atoms with E-state index in [0.717, 1.165) is 42.8 Å². The average Bonchev–Trinajstić information content (AvgIpc) is 3.25. The number of nitrogens with zero attached hydrogens (tertiary/aromatic N) is 1. The number of rotatable bonds is 6. The Kier molecular flexibility index (Phi) is 5.19. The zero-order valence-electron chi connectivity index (χ0n) is 14.3. The van der Waals surface area contributed by atoms with Gasteiger partial charge in [-0.15, -0.1) is 0 Å². The van der Waals surface area contributed by atoms with E-state index in [2.05, 4.69) is 10.2 Å². The normalized spacial score (nSPS) is 17.6. The van der Waals surface area contributed by atoms with E-state index in [1.165, 1.54) is 0 Å². The third kappa shape index (κ3) is 3.91. The van der Waals surface area contributed by atoms with Gasteiger partial charge >= 0.3 is 0 Å². The van der Waals surface area contributed by atoms with Crippen LogP contribution in [0.3, 0.4) is 0 Å². The van der Waals surface area contributed by atoms with E-state index in [0.29, 0.717) is 12.3 Å². The van der Waals surface area contributed by atoms with E-state index in [-0.39, 0.29) is 17.9 Å². The summed E-state index contributed by atoms with van der Waals surface area (Å²) in [4.78, 5) is 26.1. The second-order valence-electron chi connectivity index (χ2n) is 6.26. The average molecular weight is 341 g/mol. The minimum atomic E-state index is -0.290. The first-order chi connectivity index (χ1) is 12.1. The number of anilines is 1. The molecule has 6 heteroatoms. The van der Waals surface area contributed by atoms with Crippen molar-refractivity contribution >= 4 is 17.5 Å². The minimum absolute atomic E-state index is 0.235. The summed E-state index contributed by atoms with van der Waals surface area (Å²) in [5, 5.41) is 2.91. The van der Waals surface area contributed by atoms with Crippen molar-refractivity contribution in [3.8, 4) is 0 Å². The van der Waals surface area contributed by atoms with Gasteiger partial charge in [0.1, 0.15) is 5.76 Å². The summed E-state index contributed by atoms with van der Waals surface area (Å²) in [6, 6.07) is 10.8. The van der Waals surface area contributed by atoms with E-state index >= 15 is 0 Å². The molecule has 1 aromatic carbocycles. The maximum Gasteiger partial charge on any atom is 0.291 e. The Balaban J connectivity index is 1.74. The standard InChI is InChI=1S/C19H23N3O3/c1-2-14-9-10-17(25-14)19(24)21-15-7-4-3-6-13(15)12-22-11-5-8-16(22)18(20)23/h3-4,6-7,9-10,16H,2,5,8,11-12H2,1H3,(H2,20,23)(H,21,24)/t16-/m0/s1. The Labute approximate surface area is 147 Å². The van der Waals surface area contributed by atoms with Crippen LogP contribution in [0.25, 0.3) is 0 Å². The number of hydrogen-bond acceptors (Lipinski definition) is 4. The molecule has 1 aliphatic rings. The predicted molar refractivity (Wildman–Crippen MR) is 95.1 cm³/mol. The molecular weight excluding hydrogens is 318 g/mol. The zero-order valence-corrected chi connectivity index (χ0v) is 14.3. The number of nitrogens with one attached hydrogen (secondary N) is 1. The van der Waals surface area contributed by atoms with Crippen molar-refractivity contribution in [2.24, 2.45) is 5.73 Å². The van der Waals surface area contributed by atoms with E-state index in [1.54, 1.807) is 6.07 Å². The smallest absolute Gasteiger partial charge is 0.291 e. The highest BCUT2D eigenvalue weighted by atomic mass is 16.3. The molecule has 6 nitrogen and oxygen atoms in total. The number of furan rings is 1. The summed E-state index contributed by atoms with van der Waals surface area (Å²) in [6.07, 6.45) is 2.48. The molecule has 2 heterocycles. The van der Waals surface area contributed by atoms with Crippen molar-refractivity contribution in [1.29, 1.82) is 0 Å². The van der Waals surface area contributed by atoms with Crippen LogP contribution in [0.15, 0.2) is 40.8 Å². The highest BCUT2D eigenvalue weighted by Crippen LogP contribution is 2.24. The Morgan fingerprint density at radius 2 is 2.08 bits per heavy atom. The number of likely N-dealkylation sites (tertiary alicyclic amines) is 1. The van der Waals surface area contributed by atoms with Crippen LogP contribution in [0, 0.1) is 0 Å². The van der Waals surface area contributed by atoms with Crippen molar-refractivity contribution in [3.05, 3.63) is 53.5 Å². The first kappa shape index (κ1) is 17.2. The zero-order chi connectivity index (χ0) is 17.8. The lowest BCUT2D eigenvalue weighted by Gasteiger charge is -2.23. The van der Waals surface area contributed by atoms with Crippen molar-refractivity contribution in [1.82, 2.24) is 4.90 Å². The number of carbonyl (C=O) groups is 2. The Morgan fingerprint density at radius 3 is 2.80 bits per heavy atom. The third-order valence-corrected chi connectivity index (χ3v) is 4.56. The van der Waals surface area contributed by atoms with Gasteiger partial charge in [-0.05, 0) is 43.1 Å². The van der Waals surface area contributed by atoms with Crippen LogP contribution in [0.2, 0.25) is 0 Å². The summed E-state index contributed by atoms with van der Waals surface area (Å²) >= 11 is 0. The van der Waals surface area contributed by atoms with Gasteiger partial charge in [0.05, 0.1) is 6.04 Å². The second kappa shape index (κ2) is 7.53. The van der Waals surface area contributed by atoms with Crippen LogP contribution in [0.4, 0.5) is 5.69 Å². The van der Waals surface area contributed by atoms with Crippen LogP contribution < -0.4 is 11.1 Å². The van der Waals surface area contributed by atoms with E-state index in [9.17, 15) is 9.59 Å². The van der Waals surface area contributed by atoms with E-state index in [1.807, 2.05) is 37.3 Å². The maximum atomic E-state index is 12.4. The van der Waals surface area contributed by atoms with Crippen molar-refractivity contribution in [2.45, 2.75) is 38.8 Å². The van der Waals surface area contributed by atoms with Crippen LogP contribution in [0.1, 0.15) is 41.6 Å². The lowest BCUT2D eigenvalue weighted by atomic mass is 10.1. The summed E-state index contributed by atoms with van der Waals surface area (Å²) in [5.74, 6) is 0.504. The molecule has 1 atom stereocenters. The molecule has 1 aromatic heterocycles. The third-order valence-electron chi connectivity index (χ3n) is 4.56. The van der Waals surface area contributed by atoms with E-state index < -0.39 is 0 Å². The van der Waals surface area contributed by atoms with Gasteiger partial charge in [0, 0.05) is 18.7 Å². The summed E-state index contributed by atoms with van der Waals surface area (Å²) < 4.78 is 5.50. The number of aryl methyl sites for hydroxylation is 1. The highest BCUT2D eigenvalue weighted by molar-refractivity contribution is 6.02. The highest BCUT2D eigenvalue weighted by Gasteiger charge is 2.29. The SMILES string of the molecule is CCc1ccc(C(=O)Nc2ccccc2CN2CCC[C@H]2C(N)=O)o1. The fraction of sp³-hybridized carbons (Fsp3) is 0.368. The molecule has 0 bridgehead atoms. The quantitative estimate of drug-likeness (QED) is 0.845. The first-order valence-electron chi connectivity index (χ1n) is 8.59. The van der Waals surface area contributed by atoms with E-state index in [4.69, 9.17) is 10.2 Å². The van der Waals surface area contributed by atoms with Gasteiger partial charge in [0.2, 0.25) is 5.91 Å². The van der Waals surface area contributed by atoms with Crippen LogP contribution in [-0.4, -0.2) is 29.3 Å². The number of benzene rings is 1. The molecule has 0 unspecified atom stereocenters. The Morgan fingerprint density at radius 1 is 1.28 bits per heavy atom. The van der Waals surface area contributed by atoms with Gasteiger partial charge in [-0.3, -0.25) is 14.5 Å². The lowest BCUT2D eigenvalue weighted by Crippen LogP contribution is -2.39. The fourth-order valence-corrected chi connectivity index (χ4v) is 3.21. The van der Waals surface area contributed by atoms with Gasteiger partial charge in [0.25, 0.3) is 5.91 Å². The molecule has 2 aromatic rings. The molecule has 25 heavy (non-hydrogen) atoms. The largest absolute Gasteiger partial charge is 0.456 e. The molecule has 0 radical (unpaired) electrons. The van der Waals surface area contributed by atoms with Crippen molar-refractivity contribution in [2.75, 3.05) is 11.9 Å². The van der Waals surface area contributed by atoms with Gasteiger partial charge in [-0.2, -0.15) is 0 Å². The second-order valence-corrected chi connectivity index (χ2v) is 6.26. The number of amides is 2. The monoisotopic (exact) mass is 341 g/mol. The molecule has 1 aliphatic heterocycles. The van der Waals surface area contributed by atoms with Crippen LogP contribution >= 0.6 is 0 Å². The molecule has 0 spiro atoms. The van der Waals surface area contributed by atoms with Gasteiger partial charge in [-0.25, -0.2) is 0 Å². The maximum absolute atomic E-state index is 12.4. The summed E-state index contributed by atoms with van der Waals surface area (Å²) in [7, 11) is 0. The van der Waals surface area contributed by atoms with Gasteiger partial charge in [-0.1, -0.05) is 25.1 Å². The Hall–Kier alpha value is -2.60. The topological polar surface area (TPSA) is 88.6 Å². The Bertz CT molecular complexity index is 769. The molecular formula is C19H23N3O3. The lowest BCUT2D eigenvalue weighted by molar-refractivity contribution is -0.122. The van der Waals surface area contributed by atoms with Crippen molar-refractivity contribution in [3.63, 3.8) is 0 Å². The summed E-state index contributed by atoms with van der Waals surface area (Å²) in [5.41, 5.74) is 7.16. The molecule has 0 aliphatic carbocycles. The number of primary amides is 1. The minimum Gasteiger partial charge on any atom is -0.456 e. The summed E-state index contributed by atoms with van der Waals surface area (Å²) in [6.45, 7) is 3.37. The van der Waals surface area contributed by atoms with Gasteiger partial charge in [0.15, 0.2) is 5.76 Å². The molecule has 3 N–H and O–H groups in total. The van der Waals surface area contributed by atoms with Crippen molar-refractivity contribution < 1.29 is 14.0 Å². The number of para-hydroxylation sites is 1. The van der Waals surface area contributed by atoms with Crippen LogP contribution in [0.5, 0.6) is 0 Å². The number of nitrogens with two attached hydrogens (primary N) is 1. The van der Waals surface area contributed by atoms with Crippen LogP contribution in [-0.2, 0) is 17.8 Å². The molecule has 2 amide bonds. The first-order valence-corrected chi connectivity index (χ1v) is 8.59. The predicted octanol–water partition coefficient (Wildman–Crippen LogP) is 2.54. The number of hydrogen-bond donors (Lipinski definition) is 2. The molecule has 3 rings (SSSR count). The van der Waals surface area contributed by atoms with Gasteiger partial charge < -0.3 is 15.5 Å². The molecule has 1 fully saturated rings. The molecule has 0 saturated carbocycles.